The highest BCUT2D eigenvalue weighted by atomic mass is 16.3. The molecule has 0 saturated heterocycles. The summed E-state index contributed by atoms with van der Waals surface area (Å²) in [6.07, 6.45) is 6.64. The zero-order chi connectivity index (χ0) is 7.11. The number of terminal acetylenes is 1. The summed E-state index contributed by atoms with van der Waals surface area (Å²) in [6, 6.07) is 0. The Balaban J connectivity index is 3.09. The molecule has 2 heteroatoms. The number of carbonyl (C=O) groups excluding carboxylic acids is 1. The molecule has 0 aliphatic rings. The minimum absolute atomic E-state index is 0.134. The van der Waals surface area contributed by atoms with Crippen LogP contribution in [0.15, 0.2) is 0 Å². The molecular weight excluding hydrogens is 116 g/mol. The van der Waals surface area contributed by atoms with Gasteiger partial charge in [0.1, 0.15) is 6.61 Å². The van der Waals surface area contributed by atoms with Gasteiger partial charge in [-0.15, -0.1) is 12.3 Å². The molecule has 0 aromatic rings. The molecule has 0 unspecified atom stereocenters. The van der Waals surface area contributed by atoms with Crippen LogP contribution in [-0.4, -0.2) is 17.5 Å². The van der Waals surface area contributed by atoms with Crippen molar-refractivity contribution in [2.24, 2.45) is 0 Å². The van der Waals surface area contributed by atoms with Gasteiger partial charge in [0.05, 0.1) is 0 Å². The van der Waals surface area contributed by atoms with Gasteiger partial charge in [0.2, 0.25) is 0 Å². The van der Waals surface area contributed by atoms with Gasteiger partial charge >= 0.3 is 0 Å². The molecule has 0 heterocycles. The average Bonchev–Trinajstić information content (AvgIpc) is 1.89. The van der Waals surface area contributed by atoms with Gasteiger partial charge in [0.25, 0.3) is 0 Å². The SMILES string of the molecule is C#CCCCC(=O)CO. The first-order valence-electron chi connectivity index (χ1n) is 2.87. The molecule has 2 nitrogen and oxygen atoms in total. The second-order valence-electron chi connectivity index (χ2n) is 1.75. The van der Waals surface area contributed by atoms with Crippen LogP contribution in [0.25, 0.3) is 0 Å². The van der Waals surface area contributed by atoms with Crippen LogP contribution in [0.1, 0.15) is 19.3 Å². The number of rotatable bonds is 4. The fraction of sp³-hybridized carbons (Fsp3) is 0.571. The summed E-state index contributed by atoms with van der Waals surface area (Å²) in [5, 5.41) is 8.23. The lowest BCUT2D eigenvalue weighted by Gasteiger charge is -1.90. The van der Waals surface area contributed by atoms with Gasteiger partial charge in [-0.05, 0) is 6.42 Å². The molecule has 0 aliphatic carbocycles. The topological polar surface area (TPSA) is 37.3 Å². The lowest BCUT2D eigenvalue weighted by molar-refractivity contribution is -0.121. The molecule has 0 radical (unpaired) electrons. The quantitative estimate of drug-likeness (QED) is 0.436. The molecular formula is C7H10O2. The molecule has 9 heavy (non-hydrogen) atoms. The third-order valence-electron chi connectivity index (χ3n) is 0.953. The zero-order valence-electron chi connectivity index (χ0n) is 5.26. The van der Waals surface area contributed by atoms with Crippen molar-refractivity contribution in [3.05, 3.63) is 0 Å². The van der Waals surface area contributed by atoms with E-state index in [9.17, 15) is 4.79 Å². The number of aliphatic hydroxyl groups is 1. The Morgan fingerprint density at radius 2 is 2.33 bits per heavy atom. The molecule has 0 amide bonds. The van der Waals surface area contributed by atoms with E-state index in [0.717, 1.165) is 0 Å². The number of hydrogen-bond acceptors (Lipinski definition) is 2. The molecule has 0 aromatic heterocycles. The van der Waals surface area contributed by atoms with Crippen molar-refractivity contribution < 1.29 is 9.90 Å². The van der Waals surface area contributed by atoms with Crippen LogP contribution in [-0.2, 0) is 4.79 Å². The van der Waals surface area contributed by atoms with Crippen molar-refractivity contribution in [2.45, 2.75) is 19.3 Å². The Morgan fingerprint density at radius 3 is 2.78 bits per heavy atom. The van der Waals surface area contributed by atoms with E-state index in [0.29, 0.717) is 19.3 Å². The van der Waals surface area contributed by atoms with E-state index in [2.05, 4.69) is 5.92 Å². The molecule has 0 fully saturated rings. The number of hydrogen-bond donors (Lipinski definition) is 1. The highest BCUT2D eigenvalue weighted by Gasteiger charge is 1.95. The molecule has 1 N–H and O–H groups in total. The molecule has 0 aromatic carbocycles. The first-order valence-corrected chi connectivity index (χ1v) is 2.87. The minimum atomic E-state index is -0.357. The Kier molecular flexibility index (Phi) is 4.85. The minimum Gasteiger partial charge on any atom is -0.389 e. The average molecular weight is 126 g/mol. The third kappa shape index (κ3) is 5.05. The van der Waals surface area contributed by atoms with E-state index in [1.807, 2.05) is 0 Å². The van der Waals surface area contributed by atoms with Crippen molar-refractivity contribution >= 4 is 5.78 Å². The Bertz CT molecular complexity index is 121. The molecule has 0 saturated carbocycles. The summed E-state index contributed by atoms with van der Waals surface area (Å²) in [4.78, 5) is 10.4. The van der Waals surface area contributed by atoms with E-state index in [4.69, 9.17) is 11.5 Å². The first kappa shape index (κ1) is 8.19. The Morgan fingerprint density at radius 1 is 1.67 bits per heavy atom. The van der Waals surface area contributed by atoms with E-state index in [1.54, 1.807) is 0 Å². The van der Waals surface area contributed by atoms with Crippen LogP contribution in [0, 0.1) is 12.3 Å². The highest BCUT2D eigenvalue weighted by molar-refractivity contribution is 5.79. The van der Waals surface area contributed by atoms with Crippen LogP contribution in [0.2, 0.25) is 0 Å². The largest absolute Gasteiger partial charge is 0.389 e. The van der Waals surface area contributed by atoms with Crippen LogP contribution in [0.3, 0.4) is 0 Å². The molecule has 0 bridgehead atoms. The van der Waals surface area contributed by atoms with E-state index in [-0.39, 0.29) is 12.4 Å². The maximum Gasteiger partial charge on any atom is 0.158 e. The summed E-state index contributed by atoms with van der Waals surface area (Å²) in [7, 11) is 0. The van der Waals surface area contributed by atoms with E-state index >= 15 is 0 Å². The van der Waals surface area contributed by atoms with E-state index in [1.165, 1.54) is 0 Å². The number of ketones is 1. The fourth-order valence-corrected chi connectivity index (χ4v) is 0.467. The highest BCUT2D eigenvalue weighted by Crippen LogP contribution is 1.93. The van der Waals surface area contributed by atoms with E-state index < -0.39 is 0 Å². The number of Topliss-reactive ketones (excluding diaryl/α,β-unsaturated/α-hetero) is 1. The summed E-state index contributed by atoms with van der Waals surface area (Å²) in [5.74, 6) is 2.28. The monoisotopic (exact) mass is 126 g/mol. The second kappa shape index (κ2) is 5.33. The van der Waals surface area contributed by atoms with Gasteiger partial charge in [-0.1, -0.05) is 0 Å². The first-order chi connectivity index (χ1) is 4.31. The predicted octanol–water partition coefficient (Wildman–Crippen LogP) is 0.351. The third-order valence-corrected chi connectivity index (χ3v) is 0.953. The van der Waals surface area contributed by atoms with Gasteiger partial charge in [-0.2, -0.15) is 0 Å². The Hall–Kier alpha value is -0.810. The van der Waals surface area contributed by atoms with Gasteiger partial charge in [-0.25, -0.2) is 0 Å². The number of unbranched alkanes of at least 4 members (excludes halogenated alkanes) is 1. The summed E-state index contributed by atoms with van der Waals surface area (Å²) in [5.41, 5.74) is 0. The fourth-order valence-electron chi connectivity index (χ4n) is 0.467. The normalized spacial score (nSPS) is 8.44. The lowest BCUT2D eigenvalue weighted by atomic mass is 10.2. The molecule has 0 aliphatic heterocycles. The second-order valence-corrected chi connectivity index (χ2v) is 1.75. The molecule has 50 valence electrons. The number of carbonyl (C=O) groups is 1. The molecule has 0 rings (SSSR count). The van der Waals surface area contributed by atoms with Crippen molar-refractivity contribution in [2.75, 3.05) is 6.61 Å². The van der Waals surface area contributed by atoms with Crippen molar-refractivity contribution in [3.8, 4) is 12.3 Å². The van der Waals surface area contributed by atoms with Crippen LogP contribution in [0.4, 0.5) is 0 Å². The van der Waals surface area contributed by atoms with Crippen LogP contribution >= 0.6 is 0 Å². The van der Waals surface area contributed by atoms with Crippen molar-refractivity contribution in [1.29, 1.82) is 0 Å². The summed E-state index contributed by atoms with van der Waals surface area (Å²) in [6.45, 7) is -0.357. The molecule has 0 atom stereocenters. The van der Waals surface area contributed by atoms with Gasteiger partial charge in [-0.3, -0.25) is 4.79 Å². The van der Waals surface area contributed by atoms with Gasteiger partial charge in [0.15, 0.2) is 5.78 Å². The summed E-state index contributed by atoms with van der Waals surface area (Å²) >= 11 is 0. The smallest absolute Gasteiger partial charge is 0.158 e. The predicted molar refractivity (Wildman–Crippen MR) is 34.8 cm³/mol. The van der Waals surface area contributed by atoms with Gasteiger partial charge in [0, 0.05) is 12.8 Å². The van der Waals surface area contributed by atoms with Gasteiger partial charge < -0.3 is 5.11 Å². The van der Waals surface area contributed by atoms with Crippen molar-refractivity contribution in [3.63, 3.8) is 0 Å². The standard InChI is InChI=1S/C7H10O2/c1-2-3-4-5-7(9)6-8/h1,8H,3-6H2. The lowest BCUT2D eigenvalue weighted by Crippen LogP contribution is -2.02. The maximum absolute atomic E-state index is 10.4. The zero-order valence-corrected chi connectivity index (χ0v) is 5.26. The van der Waals surface area contributed by atoms with Crippen LogP contribution in [0.5, 0.6) is 0 Å². The maximum atomic E-state index is 10.4. The summed E-state index contributed by atoms with van der Waals surface area (Å²) < 4.78 is 0. The number of aliphatic hydroxyl groups excluding tert-OH is 1. The van der Waals surface area contributed by atoms with Crippen molar-refractivity contribution in [1.82, 2.24) is 0 Å². The molecule has 0 spiro atoms. The van der Waals surface area contributed by atoms with Crippen LogP contribution < -0.4 is 0 Å². The Labute approximate surface area is 54.9 Å².